The summed E-state index contributed by atoms with van der Waals surface area (Å²) in [7, 11) is 0. The Kier molecular flexibility index (Phi) is 4.10. The minimum Gasteiger partial charge on any atom is -0.203 e. The summed E-state index contributed by atoms with van der Waals surface area (Å²) in [6.45, 7) is 0. The molecule has 0 radical (unpaired) electrons. The third-order valence-electron chi connectivity index (χ3n) is 3.41. The fourth-order valence-electron chi connectivity index (χ4n) is 2.25. The zero-order valence-corrected chi connectivity index (χ0v) is 11.3. The van der Waals surface area contributed by atoms with Crippen molar-refractivity contribution in [3.63, 3.8) is 0 Å². The summed E-state index contributed by atoms with van der Waals surface area (Å²) in [4.78, 5) is 0. The van der Waals surface area contributed by atoms with Crippen LogP contribution in [0.15, 0.2) is 5.57 Å². The van der Waals surface area contributed by atoms with E-state index in [0.717, 1.165) is 0 Å². The first-order valence-corrected chi connectivity index (χ1v) is 5.90. The van der Waals surface area contributed by atoms with Crippen molar-refractivity contribution >= 4 is 5.57 Å². The highest BCUT2D eigenvalue weighted by Gasteiger charge is 2.84. The highest BCUT2D eigenvalue weighted by Crippen LogP contribution is 2.65. The van der Waals surface area contributed by atoms with Gasteiger partial charge in [-0.25, -0.2) is 22.0 Å². The summed E-state index contributed by atoms with van der Waals surface area (Å²) in [6, 6.07) is 0. The maximum absolute atomic E-state index is 13.6. The van der Waals surface area contributed by atoms with Crippen LogP contribution in [0.25, 0.3) is 5.57 Å². The van der Waals surface area contributed by atoms with E-state index in [1.807, 2.05) is 0 Å². The van der Waals surface area contributed by atoms with Gasteiger partial charge in [-0.3, -0.25) is 0 Å². The van der Waals surface area contributed by atoms with Gasteiger partial charge in [-0.15, -0.1) is 0 Å². The van der Waals surface area contributed by atoms with Gasteiger partial charge in [0.15, 0.2) is 23.3 Å². The van der Waals surface area contributed by atoms with Gasteiger partial charge in [0, 0.05) is 0 Å². The van der Waals surface area contributed by atoms with E-state index in [9.17, 15) is 61.5 Å². The summed E-state index contributed by atoms with van der Waals surface area (Å²) < 4.78 is 184. The van der Waals surface area contributed by atoms with E-state index in [4.69, 9.17) is 0 Å². The molecular weight excluding hydrogens is 410 g/mol. The molecule has 0 unspecified atom stereocenters. The topological polar surface area (TPSA) is 0 Å². The first-order valence-electron chi connectivity index (χ1n) is 5.90. The number of benzene rings is 1. The fraction of sp³-hybridized carbons (Fsp3) is 0.333. The molecule has 26 heavy (non-hydrogen) atoms. The van der Waals surface area contributed by atoms with Crippen molar-refractivity contribution in [3.05, 3.63) is 40.2 Å². The molecule has 1 aliphatic rings. The highest BCUT2D eigenvalue weighted by molar-refractivity contribution is 5.81. The zero-order valence-electron chi connectivity index (χ0n) is 11.3. The van der Waals surface area contributed by atoms with Crippen LogP contribution in [0.2, 0.25) is 0 Å². The lowest BCUT2D eigenvalue weighted by molar-refractivity contribution is -0.270. The normalized spacial score (nSPS) is 21.5. The van der Waals surface area contributed by atoms with Crippen LogP contribution in [-0.4, -0.2) is 23.9 Å². The Labute approximate surface area is 132 Å². The molecule has 1 aromatic rings. The van der Waals surface area contributed by atoms with Crippen LogP contribution < -0.4 is 0 Å². The van der Waals surface area contributed by atoms with Crippen molar-refractivity contribution in [2.45, 2.75) is 23.9 Å². The first kappa shape index (κ1) is 20.3. The smallest absolute Gasteiger partial charge is 0.203 e. The number of hydrogen-bond acceptors (Lipinski definition) is 0. The molecule has 1 aliphatic carbocycles. The van der Waals surface area contributed by atoms with Crippen molar-refractivity contribution < 1.29 is 61.5 Å². The third kappa shape index (κ3) is 2.22. The molecule has 0 spiro atoms. The van der Waals surface area contributed by atoms with E-state index in [0.29, 0.717) is 0 Å². The van der Waals surface area contributed by atoms with Gasteiger partial charge in [0.05, 0.1) is 11.1 Å². The van der Waals surface area contributed by atoms with E-state index in [1.54, 1.807) is 0 Å². The summed E-state index contributed by atoms with van der Waals surface area (Å²) in [5.41, 5.74) is -11.1. The Balaban J connectivity index is 3.12. The lowest BCUT2D eigenvalue weighted by Crippen LogP contribution is -2.50. The predicted octanol–water partition coefficient (Wildman–Crippen LogP) is 5.62. The third-order valence-corrected chi connectivity index (χ3v) is 3.41. The molecule has 146 valence electrons. The molecule has 0 amide bonds. The Bertz CT molecular complexity index is 783. The van der Waals surface area contributed by atoms with E-state index >= 15 is 0 Å². The number of alkyl halides is 9. The molecule has 0 saturated carbocycles. The molecule has 1 aromatic carbocycles. The molecule has 0 aromatic heterocycles. The van der Waals surface area contributed by atoms with Crippen molar-refractivity contribution in [2.75, 3.05) is 0 Å². The van der Waals surface area contributed by atoms with Crippen LogP contribution in [0.3, 0.4) is 0 Å². The Hall–Kier alpha value is -2.02. The van der Waals surface area contributed by atoms with Gasteiger partial charge in [-0.2, -0.15) is 39.5 Å². The van der Waals surface area contributed by atoms with Gasteiger partial charge in [-0.1, -0.05) is 0 Å². The monoisotopic (exact) mass is 410 g/mol. The predicted molar refractivity (Wildman–Crippen MR) is 54.0 cm³/mol. The lowest BCUT2D eigenvalue weighted by atomic mass is 9.97. The minimum atomic E-state index is -6.87. The maximum Gasteiger partial charge on any atom is 0.419 e. The van der Waals surface area contributed by atoms with Crippen LogP contribution in [-0.2, 0) is 0 Å². The maximum atomic E-state index is 13.6. The number of rotatable bonds is 1. The quantitative estimate of drug-likeness (QED) is 0.321. The number of hydrogen-bond donors (Lipinski definition) is 0. The van der Waals surface area contributed by atoms with Gasteiger partial charge in [0.1, 0.15) is 5.57 Å². The highest BCUT2D eigenvalue weighted by atomic mass is 19.4. The molecule has 0 heterocycles. The summed E-state index contributed by atoms with van der Waals surface area (Å²) >= 11 is 0. The van der Waals surface area contributed by atoms with Crippen molar-refractivity contribution in [3.8, 4) is 0 Å². The van der Waals surface area contributed by atoms with Gasteiger partial charge in [-0.05, 0) is 0 Å². The van der Waals surface area contributed by atoms with Gasteiger partial charge in [0.25, 0.3) is 0 Å². The van der Waals surface area contributed by atoms with E-state index in [1.165, 1.54) is 0 Å². The largest absolute Gasteiger partial charge is 0.419 e. The molecule has 0 nitrogen and oxygen atoms in total. The van der Waals surface area contributed by atoms with Crippen molar-refractivity contribution in [1.82, 2.24) is 0 Å². The zero-order chi connectivity index (χ0) is 20.6. The van der Waals surface area contributed by atoms with E-state index in [-0.39, 0.29) is 0 Å². The molecule has 0 aliphatic heterocycles. The van der Waals surface area contributed by atoms with Gasteiger partial charge in [0.2, 0.25) is 5.82 Å². The average molecular weight is 410 g/mol. The second-order valence-corrected chi connectivity index (χ2v) is 4.92. The van der Waals surface area contributed by atoms with Crippen LogP contribution in [0.1, 0.15) is 5.56 Å². The first-order chi connectivity index (χ1) is 11.4. The molecule has 14 heteroatoms. The second kappa shape index (κ2) is 5.25. The summed E-state index contributed by atoms with van der Waals surface area (Å²) in [5.74, 6) is -36.3. The molecule has 0 bridgehead atoms. The lowest BCUT2D eigenvalue weighted by Gasteiger charge is -2.26. The Morgan fingerprint density at radius 3 is 1.23 bits per heavy atom. The fourth-order valence-corrected chi connectivity index (χ4v) is 2.25. The molecule has 2 rings (SSSR count). The Morgan fingerprint density at radius 2 is 0.885 bits per heavy atom. The number of allylic oxidation sites excluding steroid dienone is 2. The van der Waals surface area contributed by atoms with Crippen LogP contribution in [0, 0.1) is 29.1 Å². The van der Waals surface area contributed by atoms with Gasteiger partial charge < -0.3 is 0 Å². The molecule has 0 N–H and O–H groups in total. The molecule has 0 saturated heterocycles. The van der Waals surface area contributed by atoms with Crippen LogP contribution >= 0.6 is 0 Å². The standard InChI is InChI=1S/C12F14/c13-3-1(4(14)6(16)7(17)5(3)15)2-8(11(22,23)24)10(20,21)12(25,26)9(2,18)19. The average Bonchev–Trinajstić information content (AvgIpc) is 2.58. The summed E-state index contributed by atoms with van der Waals surface area (Å²) in [6.07, 6.45) is -6.73. The molecule has 0 fully saturated rings. The van der Waals surface area contributed by atoms with Crippen molar-refractivity contribution in [1.29, 1.82) is 0 Å². The van der Waals surface area contributed by atoms with E-state index in [2.05, 4.69) is 0 Å². The van der Waals surface area contributed by atoms with Crippen molar-refractivity contribution in [2.24, 2.45) is 0 Å². The number of halogens is 14. The summed E-state index contributed by atoms with van der Waals surface area (Å²) in [5, 5.41) is 0. The van der Waals surface area contributed by atoms with Crippen LogP contribution in [0.4, 0.5) is 61.5 Å². The molecular formula is C12F14. The van der Waals surface area contributed by atoms with E-state index < -0.39 is 69.7 Å². The SMILES string of the molecule is Fc1c(F)c(F)c(C2=C(C(F)(F)F)C(F)(F)C(F)(F)C2(F)F)c(F)c1F. The minimum absolute atomic E-state index is 3.03. The Morgan fingerprint density at radius 1 is 0.538 bits per heavy atom. The second-order valence-electron chi connectivity index (χ2n) is 4.92. The van der Waals surface area contributed by atoms with Gasteiger partial charge >= 0.3 is 23.9 Å². The van der Waals surface area contributed by atoms with Crippen LogP contribution in [0.5, 0.6) is 0 Å². The molecule has 0 atom stereocenters.